The minimum Gasteiger partial charge on any atom is -0.375 e. The van der Waals surface area contributed by atoms with Crippen molar-refractivity contribution in [2.24, 2.45) is 0 Å². The maximum atomic E-state index is 5.77. The van der Waals surface area contributed by atoms with E-state index in [1.807, 2.05) is 0 Å². The van der Waals surface area contributed by atoms with E-state index in [9.17, 15) is 0 Å². The van der Waals surface area contributed by atoms with Crippen molar-refractivity contribution in [3.8, 4) is 0 Å². The van der Waals surface area contributed by atoms with Gasteiger partial charge < -0.3 is 10.1 Å². The molecule has 2 heteroatoms. The molecule has 0 aliphatic carbocycles. The third kappa shape index (κ3) is 8.65. The van der Waals surface area contributed by atoms with E-state index in [1.165, 1.54) is 70.8 Å². The van der Waals surface area contributed by atoms with Crippen LogP contribution in [0, 0.1) is 0 Å². The highest BCUT2D eigenvalue weighted by molar-refractivity contribution is 4.78. The van der Waals surface area contributed by atoms with E-state index < -0.39 is 0 Å². The molecule has 2 atom stereocenters. The predicted octanol–water partition coefficient (Wildman–Crippen LogP) is 4.67. The van der Waals surface area contributed by atoms with Crippen molar-refractivity contribution in [2.75, 3.05) is 6.54 Å². The summed E-state index contributed by atoms with van der Waals surface area (Å²) in [6.45, 7) is 7.87. The van der Waals surface area contributed by atoms with Crippen LogP contribution in [-0.4, -0.2) is 24.8 Å². The summed E-state index contributed by atoms with van der Waals surface area (Å²) in [5.74, 6) is 0. The third-order valence-electron chi connectivity index (χ3n) is 4.16. The maximum Gasteiger partial charge on any atom is 0.0565 e. The van der Waals surface area contributed by atoms with Crippen LogP contribution in [0.1, 0.15) is 85.0 Å². The van der Waals surface area contributed by atoms with Gasteiger partial charge in [-0.3, -0.25) is 0 Å². The SMILES string of the molecule is CCCCCCCCCCNC1CC(C)OC(C)C1. The molecular formula is C17H35NO. The second-order valence-electron chi connectivity index (χ2n) is 6.35. The van der Waals surface area contributed by atoms with E-state index in [-0.39, 0.29) is 0 Å². The Morgan fingerprint density at radius 1 is 0.842 bits per heavy atom. The molecule has 0 saturated carbocycles. The van der Waals surface area contributed by atoms with Gasteiger partial charge in [0.05, 0.1) is 12.2 Å². The summed E-state index contributed by atoms with van der Waals surface area (Å²) in [6, 6.07) is 0.684. The Labute approximate surface area is 120 Å². The summed E-state index contributed by atoms with van der Waals surface area (Å²) in [5.41, 5.74) is 0. The largest absolute Gasteiger partial charge is 0.375 e. The van der Waals surface area contributed by atoms with Gasteiger partial charge in [-0.25, -0.2) is 0 Å². The number of hydrogen-bond acceptors (Lipinski definition) is 2. The van der Waals surface area contributed by atoms with Crippen LogP contribution in [0.15, 0.2) is 0 Å². The Balaban J connectivity index is 1.87. The van der Waals surface area contributed by atoms with Crippen LogP contribution in [0.4, 0.5) is 0 Å². The molecule has 0 aromatic rings. The van der Waals surface area contributed by atoms with Crippen LogP contribution in [0.2, 0.25) is 0 Å². The van der Waals surface area contributed by atoms with Crippen molar-refractivity contribution in [3.63, 3.8) is 0 Å². The first-order valence-electron chi connectivity index (χ1n) is 8.61. The molecule has 2 unspecified atom stereocenters. The molecule has 0 amide bonds. The molecule has 0 aromatic carbocycles. The molecular weight excluding hydrogens is 234 g/mol. The van der Waals surface area contributed by atoms with E-state index in [0.717, 1.165) is 0 Å². The summed E-state index contributed by atoms with van der Waals surface area (Å²) >= 11 is 0. The van der Waals surface area contributed by atoms with Gasteiger partial charge in [-0.15, -0.1) is 0 Å². The fraction of sp³-hybridized carbons (Fsp3) is 1.00. The van der Waals surface area contributed by atoms with Crippen LogP contribution in [-0.2, 0) is 4.74 Å². The zero-order valence-electron chi connectivity index (χ0n) is 13.4. The van der Waals surface area contributed by atoms with E-state index in [4.69, 9.17) is 4.74 Å². The van der Waals surface area contributed by atoms with Gasteiger partial charge in [-0.1, -0.05) is 51.9 Å². The molecule has 19 heavy (non-hydrogen) atoms. The number of rotatable bonds is 10. The topological polar surface area (TPSA) is 21.3 Å². The Kier molecular flexibility index (Phi) is 9.54. The van der Waals surface area contributed by atoms with Gasteiger partial charge in [0.1, 0.15) is 0 Å². The van der Waals surface area contributed by atoms with Crippen LogP contribution in [0.3, 0.4) is 0 Å². The summed E-state index contributed by atoms with van der Waals surface area (Å²) in [4.78, 5) is 0. The number of unbranched alkanes of at least 4 members (excludes halogenated alkanes) is 7. The highest BCUT2D eigenvalue weighted by Gasteiger charge is 2.23. The van der Waals surface area contributed by atoms with E-state index in [0.29, 0.717) is 18.2 Å². The zero-order valence-corrected chi connectivity index (χ0v) is 13.4. The molecule has 114 valence electrons. The second kappa shape index (κ2) is 10.7. The van der Waals surface area contributed by atoms with Gasteiger partial charge in [0, 0.05) is 6.04 Å². The molecule has 2 nitrogen and oxygen atoms in total. The Bertz CT molecular complexity index is 197. The average Bonchev–Trinajstić information content (AvgIpc) is 2.36. The quantitative estimate of drug-likeness (QED) is 0.582. The molecule has 1 fully saturated rings. The molecule has 0 aromatic heterocycles. The first-order valence-corrected chi connectivity index (χ1v) is 8.61. The van der Waals surface area contributed by atoms with Crippen LogP contribution in [0.5, 0.6) is 0 Å². The third-order valence-corrected chi connectivity index (χ3v) is 4.16. The normalized spacial score (nSPS) is 27.6. The van der Waals surface area contributed by atoms with Gasteiger partial charge >= 0.3 is 0 Å². The molecule has 1 rings (SSSR count). The number of nitrogens with one attached hydrogen (secondary N) is 1. The van der Waals surface area contributed by atoms with Crippen molar-refractivity contribution in [2.45, 2.75) is 103 Å². The minimum absolute atomic E-state index is 0.430. The highest BCUT2D eigenvalue weighted by atomic mass is 16.5. The van der Waals surface area contributed by atoms with Crippen LogP contribution < -0.4 is 5.32 Å². The first kappa shape index (κ1) is 17.0. The predicted molar refractivity (Wildman–Crippen MR) is 83.6 cm³/mol. The van der Waals surface area contributed by atoms with Gasteiger partial charge in [0.2, 0.25) is 0 Å². The van der Waals surface area contributed by atoms with Crippen molar-refractivity contribution in [3.05, 3.63) is 0 Å². The van der Waals surface area contributed by atoms with Gasteiger partial charge in [-0.2, -0.15) is 0 Å². The molecule has 1 heterocycles. The summed E-state index contributed by atoms with van der Waals surface area (Å²) in [7, 11) is 0. The smallest absolute Gasteiger partial charge is 0.0565 e. The van der Waals surface area contributed by atoms with Crippen molar-refractivity contribution in [1.82, 2.24) is 5.32 Å². The van der Waals surface area contributed by atoms with Gasteiger partial charge in [-0.05, 0) is 39.7 Å². The zero-order chi connectivity index (χ0) is 13.9. The van der Waals surface area contributed by atoms with E-state index in [2.05, 4.69) is 26.1 Å². The highest BCUT2D eigenvalue weighted by Crippen LogP contribution is 2.19. The van der Waals surface area contributed by atoms with Gasteiger partial charge in [0.25, 0.3) is 0 Å². The van der Waals surface area contributed by atoms with Crippen molar-refractivity contribution < 1.29 is 4.74 Å². The van der Waals surface area contributed by atoms with Crippen molar-refractivity contribution in [1.29, 1.82) is 0 Å². The summed E-state index contributed by atoms with van der Waals surface area (Å²) < 4.78 is 5.77. The summed E-state index contributed by atoms with van der Waals surface area (Å²) in [6.07, 6.45) is 14.5. The lowest BCUT2D eigenvalue weighted by molar-refractivity contribution is -0.0420. The molecule has 1 N–H and O–H groups in total. The number of hydrogen-bond donors (Lipinski definition) is 1. The molecule has 0 spiro atoms. The lowest BCUT2D eigenvalue weighted by atomic mass is 9.99. The van der Waals surface area contributed by atoms with Crippen LogP contribution >= 0.6 is 0 Å². The Hall–Kier alpha value is -0.0800. The van der Waals surface area contributed by atoms with E-state index in [1.54, 1.807) is 0 Å². The lowest BCUT2D eigenvalue weighted by Gasteiger charge is -2.32. The fourth-order valence-corrected chi connectivity index (χ4v) is 3.14. The average molecular weight is 269 g/mol. The Morgan fingerprint density at radius 2 is 1.37 bits per heavy atom. The Morgan fingerprint density at radius 3 is 1.95 bits per heavy atom. The fourth-order valence-electron chi connectivity index (χ4n) is 3.14. The number of ether oxygens (including phenoxy) is 1. The summed E-state index contributed by atoms with van der Waals surface area (Å²) in [5, 5.41) is 3.71. The monoisotopic (exact) mass is 269 g/mol. The molecule has 0 bridgehead atoms. The van der Waals surface area contributed by atoms with Crippen molar-refractivity contribution >= 4 is 0 Å². The molecule has 0 radical (unpaired) electrons. The first-order chi connectivity index (χ1) is 9.22. The van der Waals surface area contributed by atoms with E-state index >= 15 is 0 Å². The molecule has 1 saturated heterocycles. The second-order valence-corrected chi connectivity index (χ2v) is 6.35. The van der Waals surface area contributed by atoms with Gasteiger partial charge in [0.15, 0.2) is 0 Å². The minimum atomic E-state index is 0.430. The molecule has 1 aliphatic heterocycles. The molecule has 1 aliphatic rings. The lowest BCUT2D eigenvalue weighted by Crippen LogP contribution is -2.41. The van der Waals surface area contributed by atoms with Crippen LogP contribution in [0.25, 0.3) is 0 Å². The standard InChI is InChI=1S/C17H35NO/c1-4-5-6-7-8-9-10-11-12-18-17-13-15(2)19-16(3)14-17/h15-18H,4-14H2,1-3H3. The maximum absolute atomic E-state index is 5.77.